The highest BCUT2D eigenvalue weighted by atomic mass is 19.4. The van der Waals surface area contributed by atoms with Crippen LogP contribution in [-0.2, 0) is 6.18 Å². The number of carbonyl (C=O) groups excluding carboxylic acids is 1. The topological polar surface area (TPSA) is 43.1 Å². The maximum atomic E-state index is 13.7. The van der Waals surface area contributed by atoms with E-state index >= 15 is 0 Å². The first kappa shape index (κ1) is 15.0. The second-order valence-corrected chi connectivity index (χ2v) is 4.61. The van der Waals surface area contributed by atoms with Crippen LogP contribution in [0.3, 0.4) is 0 Å². The summed E-state index contributed by atoms with van der Waals surface area (Å²) in [6.07, 6.45) is -4.60. The molecular weight excluding hydrogens is 286 g/mol. The Morgan fingerprint density at radius 2 is 1.71 bits per heavy atom. The van der Waals surface area contributed by atoms with Crippen molar-refractivity contribution in [1.82, 2.24) is 0 Å². The Hall–Kier alpha value is -2.37. The number of benzene rings is 2. The van der Waals surface area contributed by atoms with Gasteiger partial charge in [0.2, 0.25) is 0 Å². The molecule has 2 nitrogen and oxygen atoms in total. The van der Waals surface area contributed by atoms with Crippen molar-refractivity contribution >= 4 is 11.5 Å². The highest BCUT2D eigenvalue weighted by molar-refractivity contribution is 6.12. The van der Waals surface area contributed by atoms with Gasteiger partial charge in [-0.2, -0.15) is 13.2 Å². The van der Waals surface area contributed by atoms with Gasteiger partial charge in [-0.15, -0.1) is 0 Å². The van der Waals surface area contributed by atoms with E-state index in [1.54, 1.807) is 6.92 Å². The predicted octanol–water partition coefficient (Wildman–Crippen LogP) is 3.97. The van der Waals surface area contributed by atoms with Crippen LogP contribution in [0.5, 0.6) is 0 Å². The van der Waals surface area contributed by atoms with Crippen molar-refractivity contribution in [3.8, 4) is 0 Å². The fourth-order valence-electron chi connectivity index (χ4n) is 1.89. The van der Waals surface area contributed by atoms with Crippen LogP contribution in [0.1, 0.15) is 27.0 Å². The van der Waals surface area contributed by atoms with Crippen LogP contribution in [0.2, 0.25) is 0 Å². The number of hydrogen-bond donors (Lipinski definition) is 1. The third-order valence-electron chi connectivity index (χ3n) is 2.99. The van der Waals surface area contributed by atoms with Crippen molar-refractivity contribution in [3.05, 3.63) is 64.5 Å². The molecule has 0 saturated heterocycles. The fraction of sp³-hybridized carbons (Fsp3) is 0.133. The van der Waals surface area contributed by atoms with Crippen LogP contribution in [0.25, 0.3) is 0 Å². The van der Waals surface area contributed by atoms with E-state index < -0.39 is 23.3 Å². The summed E-state index contributed by atoms with van der Waals surface area (Å²) in [5.74, 6) is -1.68. The molecule has 2 rings (SSSR count). The van der Waals surface area contributed by atoms with Crippen molar-refractivity contribution in [1.29, 1.82) is 0 Å². The Kier molecular flexibility index (Phi) is 3.72. The van der Waals surface area contributed by atoms with Crippen LogP contribution in [0.15, 0.2) is 36.4 Å². The van der Waals surface area contributed by atoms with E-state index in [-0.39, 0.29) is 16.8 Å². The molecule has 0 bridgehead atoms. The molecule has 0 aromatic heterocycles. The lowest BCUT2D eigenvalue weighted by molar-refractivity contribution is -0.137. The van der Waals surface area contributed by atoms with Gasteiger partial charge in [0.15, 0.2) is 5.78 Å². The lowest BCUT2D eigenvalue weighted by atomic mass is 9.98. The molecule has 0 atom stereocenters. The molecule has 2 N–H and O–H groups in total. The largest absolute Gasteiger partial charge is 0.416 e. The summed E-state index contributed by atoms with van der Waals surface area (Å²) in [7, 11) is 0. The van der Waals surface area contributed by atoms with Crippen molar-refractivity contribution in [3.63, 3.8) is 0 Å². The zero-order chi connectivity index (χ0) is 15.8. The smallest absolute Gasteiger partial charge is 0.398 e. The van der Waals surface area contributed by atoms with E-state index in [1.807, 2.05) is 0 Å². The van der Waals surface area contributed by atoms with Gasteiger partial charge in [-0.3, -0.25) is 4.79 Å². The van der Waals surface area contributed by atoms with E-state index in [4.69, 9.17) is 5.73 Å². The number of hydrogen-bond acceptors (Lipinski definition) is 2. The van der Waals surface area contributed by atoms with Crippen LogP contribution >= 0.6 is 0 Å². The summed E-state index contributed by atoms with van der Waals surface area (Å²) in [5, 5.41) is 0. The van der Waals surface area contributed by atoms with Gasteiger partial charge in [-0.1, -0.05) is 11.6 Å². The first-order chi connectivity index (χ1) is 9.70. The van der Waals surface area contributed by atoms with Crippen LogP contribution in [-0.4, -0.2) is 5.78 Å². The number of alkyl halides is 3. The van der Waals surface area contributed by atoms with Gasteiger partial charge >= 0.3 is 6.18 Å². The van der Waals surface area contributed by atoms with Gasteiger partial charge in [-0.25, -0.2) is 4.39 Å². The SMILES string of the molecule is Cc1ccc(F)c(C(=O)c2cc(C(F)(F)F)ccc2N)c1. The Labute approximate surface area is 118 Å². The molecule has 0 saturated carbocycles. The van der Waals surface area contributed by atoms with Crippen LogP contribution < -0.4 is 5.73 Å². The van der Waals surface area contributed by atoms with Crippen molar-refractivity contribution in [2.45, 2.75) is 13.1 Å². The molecule has 0 aliphatic rings. The van der Waals surface area contributed by atoms with Crippen molar-refractivity contribution < 1.29 is 22.4 Å². The van der Waals surface area contributed by atoms with Gasteiger partial charge in [0.25, 0.3) is 0 Å². The Balaban J connectivity index is 2.55. The molecule has 0 spiro atoms. The molecule has 0 amide bonds. The minimum absolute atomic E-state index is 0.131. The van der Waals surface area contributed by atoms with Crippen molar-refractivity contribution in [2.24, 2.45) is 0 Å². The number of aryl methyl sites for hydroxylation is 1. The highest BCUT2D eigenvalue weighted by Gasteiger charge is 2.32. The minimum Gasteiger partial charge on any atom is -0.398 e. The lowest BCUT2D eigenvalue weighted by Gasteiger charge is -2.11. The second-order valence-electron chi connectivity index (χ2n) is 4.61. The van der Waals surface area contributed by atoms with Crippen LogP contribution in [0.4, 0.5) is 23.2 Å². The molecule has 0 unspecified atom stereocenters. The summed E-state index contributed by atoms with van der Waals surface area (Å²) < 4.78 is 51.7. The van der Waals surface area contributed by atoms with Crippen molar-refractivity contribution in [2.75, 3.05) is 5.73 Å². The lowest BCUT2D eigenvalue weighted by Crippen LogP contribution is -2.12. The quantitative estimate of drug-likeness (QED) is 0.518. The Bertz CT molecular complexity index is 707. The number of nitrogens with two attached hydrogens (primary N) is 1. The normalized spacial score (nSPS) is 11.5. The average Bonchev–Trinajstić information content (AvgIpc) is 2.40. The zero-order valence-electron chi connectivity index (χ0n) is 11.0. The van der Waals surface area contributed by atoms with Crippen LogP contribution in [0, 0.1) is 12.7 Å². The fourth-order valence-corrected chi connectivity index (χ4v) is 1.89. The maximum Gasteiger partial charge on any atom is 0.416 e. The molecule has 0 aliphatic carbocycles. The Morgan fingerprint density at radius 3 is 2.33 bits per heavy atom. The van der Waals surface area contributed by atoms with E-state index in [0.29, 0.717) is 11.6 Å². The number of anilines is 1. The maximum absolute atomic E-state index is 13.7. The molecule has 6 heteroatoms. The first-order valence-electron chi connectivity index (χ1n) is 5.97. The van der Waals surface area contributed by atoms with Gasteiger partial charge < -0.3 is 5.73 Å². The summed E-state index contributed by atoms with van der Waals surface area (Å²) in [6, 6.07) is 6.23. The van der Waals surface area contributed by atoms with Gasteiger partial charge in [0.05, 0.1) is 11.1 Å². The second kappa shape index (κ2) is 5.20. The van der Waals surface area contributed by atoms with E-state index in [9.17, 15) is 22.4 Å². The molecule has 0 radical (unpaired) electrons. The van der Waals surface area contributed by atoms with E-state index in [2.05, 4.69) is 0 Å². The minimum atomic E-state index is -4.60. The predicted molar refractivity (Wildman–Crippen MR) is 70.4 cm³/mol. The van der Waals surface area contributed by atoms with Gasteiger partial charge in [0.1, 0.15) is 5.82 Å². The Morgan fingerprint density at radius 1 is 1.05 bits per heavy atom. The first-order valence-corrected chi connectivity index (χ1v) is 5.97. The number of carbonyl (C=O) groups is 1. The number of ketones is 1. The molecule has 0 aliphatic heterocycles. The highest BCUT2D eigenvalue weighted by Crippen LogP contribution is 2.32. The van der Waals surface area contributed by atoms with E-state index in [1.165, 1.54) is 12.1 Å². The standard InChI is InChI=1S/C15H11F4NO/c1-8-2-4-12(16)10(6-8)14(21)11-7-9(15(17,18)19)3-5-13(11)20/h2-7H,20H2,1H3. The molecule has 0 fully saturated rings. The number of nitrogen functional groups attached to an aromatic ring is 1. The summed E-state index contributed by atoms with van der Waals surface area (Å²) in [4.78, 5) is 12.2. The zero-order valence-corrected chi connectivity index (χ0v) is 11.0. The molecule has 21 heavy (non-hydrogen) atoms. The van der Waals surface area contributed by atoms with Gasteiger partial charge in [0, 0.05) is 11.3 Å². The van der Waals surface area contributed by atoms with E-state index in [0.717, 1.165) is 18.2 Å². The summed E-state index contributed by atoms with van der Waals surface area (Å²) >= 11 is 0. The average molecular weight is 297 g/mol. The molecule has 2 aromatic carbocycles. The molecule has 2 aromatic rings. The third kappa shape index (κ3) is 3.04. The van der Waals surface area contributed by atoms with Gasteiger partial charge in [-0.05, 0) is 37.3 Å². The third-order valence-corrected chi connectivity index (χ3v) is 2.99. The molecule has 110 valence electrons. The summed E-state index contributed by atoms with van der Waals surface area (Å²) in [5.41, 5.74) is 4.36. The number of halogens is 4. The molecular formula is C15H11F4NO. The monoisotopic (exact) mass is 297 g/mol. The molecule has 0 heterocycles. The summed E-state index contributed by atoms with van der Waals surface area (Å²) in [6.45, 7) is 1.64. The number of rotatable bonds is 2.